The van der Waals surface area contributed by atoms with Crippen molar-refractivity contribution < 1.29 is 8.42 Å². The van der Waals surface area contributed by atoms with Crippen LogP contribution in [-0.4, -0.2) is 26.0 Å². The van der Waals surface area contributed by atoms with Gasteiger partial charge < -0.3 is 5.73 Å². The van der Waals surface area contributed by atoms with Crippen LogP contribution in [-0.2, 0) is 9.84 Å². The molecular weight excluding hydrogens is 234 g/mol. The van der Waals surface area contributed by atoms with E-state index in [1.54, 1.807) is 0 Å². The summed E-state index contributed by atoms with van der Waals surface area (Å²) >= 11 is 0. The van der Waals surface area contributed by atoms with Gasteiger partial charge in [0.25, 0.3) is 0 Å². The third-order valence-corrected chi connectivity index (χ3v) is 5.88. The number of sulfone groups is 1. The topological polar surface area (TPSA) is 60.2 Å². The Labute approximate surface area is 104 Å². The molecule has 0 aliphatic heterocycles. The van der Waals surface area contributed by atoms with Gasteiger partial charge in [0.15, 0.2) is 0 Å². The lowest BCUT2D eigenvalue weighted by Crippen LogP contribution is -2.30. The summed E-state index contributed by atoms with van der Waals surface area (Å²) < 4.78 is 23.3. The number of allylic oxidation sites excluding steroid dienone is 1. The fourth-order valence-electron chi connectivity index (χ4n) is 3.12. The molecule has 3 nitrogen and oxygen atoms in total. The molecule has 17 heavy (non-hydrogen) atoms. The van der Waals surface area contributed by atoms with Crippen molar-refractivity contribution in [1.29, 1.82) is 0 Å². The van der Waals surface area contributed by atoms with E-state index < -0.39 is 9.84 Å². The Kier molecular flexibility index (Phi) is 3.93. The highest BCUT2D eigenvalue weighted by Crippen LogP contribution is 2.36. The minimum absolute atomic E-state index is 0.113. The van der Waals surface area contributed by atoms with E-state index in [9.17, 15) is 8.42 Å². The molecule has 4 heteroatoms. The zero-order valence-corrected chi connectivity index (χ0v) is 11.4. The molecule has 0 bridgehead atoms. The zero-order chi connectivity index (χ0) is 12.5. The van der Waals surface area contributed by atoms with Crippen LogP contribution in [0.15, 0.2) is 11.6 Å². The van der Waals surface area contributed by atoms with Crippen molar-refractivity contribution in [1.82, 2.24) is 0 Å². The first-order chi connectivity index (χ1) is 7.97. The number of hydrogen-bond acceptors (Lipinski definition) is 3. The van der Waals surface area contributed by atoms with Crippen molar-refractivity contribution in [3.05, 3.63) is 11.6 Å². The molecule has 0 aromatic heterocycles. The molecule has 0 spiro atoms. The average Bonchev–Trinajstić information content (AvgIpc) is 2.29. The molecule has 3 unspecified atom stereocenters. The maximum atomic E-state index is 11.6. The first kappa shape index (κ1) is 13.1. The van der Waals surface area contributed by atoms with Crippen LogP contribution in [0.5, 0.6) is 0 Å². The minimum Gasteiger partial charge on any atom is -0.327 e. The zero-order valence-electron chi connectivity index (χ0n) is 10.6. The Morgan fingerprint density at radius 3 is 2.65 bits per heavy atom. The molecule has 0 saturated heterocycles. The summed E-state index contributed by atoms with van der Waals surface area (Å²) in [6.45, 7) is 0. The monoisotopic (exact) mass is 257 g/mol. The van der Waals surface area contributed by atoms with E-state index in [1.807, 2.05) is 0 Å². The normalized spacial score (nSPS) is 35.4. The van der Waals surface area contributed by atoms with Crippen molar-refractivity contribution in [2.45, 2.75) is 56.2 Å². The van der Waals surface area contributed by atoms with Crippen LogP contribution in [0.25, 0.3) is 0 Å². The summed E-state index contributed by atoms with van der Waals surface area (Å²) in [6, 6.07) is 0.313. The van der Waals surface area contributed by atoms with Crippen LogP contribution in [0.1, 0.15) is 44.9 Å². The second-order valence-corrected chi connectivity index (χ2v) is 7.95. The third-order valence-electron chi connectivity index (χ3n) is 4.24. The summed E-state index contributed by atoms with van der Waals surface area (Å²) in [7, 11) is -2.86. The summed E-state index contributed by atoms with van der Waals surface area (Å²) in [4.78, 5) is 0. The van der Waals surface area contributed by atoms with E-state index >= 15 is 0 Å². The van der Waals surface area contributed by atoms with Gasteiger partial charge in [0.1, 0.15) is 9.84 Å². The largest absolute Gasteiger partial charge is 0.327 e. The second-order valence-electron chi connectivity index (χ2n) is 5.63. The van der Waals surface area contributed by atoms with Crippen LogP contribution >= 0.6 is 0 Å². The van der Waals surface area contributed by atoms with Gasteiger partial charge >= 0.3 is 0 Å². The van der Waals surface area contributed by atoms with Crippen molar-refractivity contribution in [3.63, 3.8) is 0 Å². The Balaban J connectivity index is 2.03. The van der Waals surface area contributed by atoms with Crippen molar-refractivity contribution in [2.24, 2.45) is 11.7 Å². The van der Waals surface area contributed by atoms with Gasteiger partial charge in [-0.15, -0.1) is 0 Å². The lowest BCUT2D eigenvalue weighted by molar-refractivity contribution is 0.381. The summed E-state index contributed by atoms with van der Waals surface area (Å²) in [5, 5.41) is -0.113. The smallest absolute Gasteiger partial charge is 0.150 e. The van der Waals surface area contributed by atoms with E-state index in [4.69, 9.17) is 5.73 Å². The molecule has 0 radical (unpaired) electrons. The first-order valence-corrected chi connectivity index (χ1v) is 8.55. The number of nitrogens with two attached hydrogens (primary N) is 1. The van der Waals surface area contributed by atoms with Gasteiger partial charge in [-0.1, -0.05) is 18.1 Å². The Hall–Kier alpha value is -0.350. The molecule has 2 aliphatic carbocycles. The Morgan fingerprint density at radius 1 is 1.29 bits per heavy atom. The molecule has 2 aliphatic rings. The molecule has 3 atom stereocenters. The highest BCUT2D eigenvalue weighted by Gasteiger charge is 2.31. The van der Waals surface area contributed by atoms with Gasteiger partial charge in [-0.3, -0.25) is 0 Å². The van der Waals surface area contributed by atoms with Gasteiger partial charge in [0, 0.05) is 12.3 Å². The van der Waals surface area contributed by atoms with Crippen molar-refractivity contribution >= 4 is 9.84 Å². The van der Waals surface area contributed by atoms with E-state index in [-0.39, 0.29) is 5.25 Å². The fourth-order valence-corrected chi connectivity index (χ4v) is 4.29. The van der Waals surface area contributed by atoms with Crippen LogP contribution < -0.4 is 5.73 Å². The number of rotatable bonds is 2. The molecule has 0 aromatic rings. The molecule has 98 valence electrons. The molecule has 1 saturated carbocycles. The highest BCUT2D eigenvalue weighted by molar-refractivity contribution is 7.91. The minimum atomic E-state index is -2.86. The molecule has 0 aromatic carbocycles. The SMILES string of the molecule is CS(=O)(=O)C1CCCC(C2=CCC(N)CC2)C1. The average molecular weight is 257 g/mol. The van der Waals surface area contributed by atoms with Crippen LogP contribution in [0.4, 0.5) is 0 Å². The standard InChI is InChI=1S/C13H23NO2S/c1-17(15,16)13-4-2-3-11(9-13)10-5-7-12(14)8-6-10/h5,11-13H,2-4,6-9,14H2,1H3. The predicted octanol–water partition coefficient (Wildman–Crippen LogP) is 2.03. The number of hydrogen-bond donors (Lipinski definition) is 1. The predicted molar refractivity (Wildman–Crippen MR) is 70.5 cm³/mol. The molecule has 2 rings (SSSR count). The quantitative estimate of drug-likeness (QED) is 0.770. The Morgan fingerprint density at radius 2 is 2.06 bits per heavy atom. The maximum Gasteiger partial charge on any atom is 0.150 e. The summed E-state index contributed by atoms with van der Waals surface area (Å²) in [5.74, 6) is 0.496. The van der Waals surface area contributed by atoms with Gasteiger partial charge in [-0.05, 0) is 44.4 Å². The van der Waals surface area contributed by atoms with E-state index in [2.05, 4.69) is 6.08 Å². The van der Waals surface area contributed by atoms with Crippen LogP contribution in [0.2, 0.25) is 0 Å². The van der Waals surface area contributed by atoms with Gasteiger partial charge in [0.2, 0.25) is 0 Å². The van der Waals surface area contributed by atoms with Crippen molar-refractivity contribution in [2.75, 3.05) is 6.26 Å². The van der Waals surface area contributed by atoms with Crippen LogP contribution in [0.3, 0.4) is 0 Å². The van der Waals surface area contributed by atoms with Gasteiger partial charge in [0.05, 0.1) is 5.25 Å². The lowest BCUT2D eigenvalue weighted by Gasteiger charge is -2.32. The summed E-state index contributed by atoms with van der Waals surface area (Å²) in [6.07, 6.45) is 10.6. The lowest BCUT2D eigenvalue weighted by atomic mass is 9.79. The van der Waals surface area contributed by atoms with Gasteiger partial charge in [-0.25, -0.2) is 8.42 Å². The molecule has 1 fully saturated rings. The first-order valence-electron chi connectivity index (χ1n) is 6.60. The summed E-state index contributed by atoms with van der Waals surface area (Å²) in [5.41, 5.74) is 7.35. The van der Waals surface area contributed by atoms with E-state index in [0.717, 1.165) is 44.9 Å². The molecular formula is C13H23NO2S. The molecule has 2 N–H and O–H groups in total. The van der Waals surface area contributed by atoms with E-state index in [0.29, 0.717) is 12.0 Å². The van der Waals surface area contributed by atoms with Crippen LogP contribution in [0, 0.1) is 5.92 Å². The maximum absolute atomic E-state index is 11.6. The molecule has 0 heterocycles. The van der Waals surface area contributed by atoms with E-state index in [1.165, 1.54) is 11.8 Å². The van der Waals surface area contributed by atoms with Gasteiger partial charge in [-0.2, -0.15) is 0 Å². The Bertz CT molecular complexity index is 400. The second kappa shape index (κ2) is 5.11. The van der Waals surface area contributed by atoms with Crippen molar-refractivity contribution in [3.8, 4) is 0 Å². The molecule has 0 amide bonds. The fraction of sp³-hybridized carbons (Fsp3) is 0.846. The highest BCUT2D eigenvalue weighted by atomic mass is 32.2. The third kappa shape index (κ3) is 3.32.